The summed E-state index contributed by atoms with van der Waals surface area (Å²) in [6.45, 7) is 0.0401. The lowest BCUT2D eigenvalue weighted by Crippen LogP contribution is -2.23. The maximum Gasteiger partial charge on any atom is 0.423 e. The number of hydrogen-bond donors (Lipinski definition) is 0. The Morgan fingerprint density at radius 2 is 1.81 bits per heavy atom. The highest BCUT2D eigenvalue weighted by Gasteiger charge is 2.38. The van der Waals surface area contributed by atoms with Crippen LogP contribution in [0.4, 0.5) is 38.0 Å². The Hall–Kier alpha value is -2.52. The van der Waals surface area contributed by atoms with Crippen molar-refractivity contribution in [2.24, 2.45) is 0 Å². The molecule has 0 radical (unpaired) electrons. The maximum absolute atomic E-state index is 13.0. The average molecular weight is 379 g/mol. The molecule has 0 bridgehead atoms. The van der Waals surface area contributed by atoms with E-state index in [1.807, 2.05) is 13.0 Å². The monoisotopic (exact) mass is 379 g/mol. The molecule has 0 N–H and O–H groups in total. The second kappa shape index (κ2) is 7.38. The lowest BCUT2D eigenvalue weighted by atomic mass is 10.1. The SMILES string of the molecule is CCc1cccc(N(C)c2ncc(C(F)(F)F)c(OCC(F)(F)F)n2)c1. The van der Waals surface area contributed by atoms with Gasteiger partial charge >= 0.3 is 12.4 Å². The van der Waals surface area contributed by atoms with Gasteiger partial charge in [-0.3, -0.25) is 0 Å². The summed E-state index contributed by atoms with van der Waals surface area (Å²) in [5.74, 6) is -1.39. The molecule has 142 valence electrons. The van der Waals surface area contributed by atoms with Crippen LogP contribution < -0.4 is 9.64 Å². The molecule has 1 heterocycles. The van der Waals surface area contributed by atoms with Crippen molar-refractivity contribution in [2.75, 3.05) is 18.6 Å². The number of hydrogen-bond acceptors (Lipinski definition) is 4. The van der Waals surface area contributed by atoms with Gasteiger partial charge in [-0.2, -0.15) is 31.3 Å². The first-order valence-electron chi connectivity index (χ1n) is 7.47. The molecule has 0 aliphatic heterocycles. The third-order valence-electron chi connectivity index (χ3n) is 3.43. The highest BCUT2D eigenvalue weighted by Crippen LogP contribution is 2.36. The van der Waals surface area contributed by atoms with Crippen molar-refractivity contribution in [3.05, 3.63) is 41.6 Å². The van der Waals surface area contributed by atoms with Crippen LogP contribution in [0.1, 0.15) is 18.1 Å². The molecule has 4 nitrogen and oxygen atoms in total. The molecular formula is C16H15F6N3O. The minimum atomic E-state index is -4.94. The zero-order valence-corrected chi connectivity index (χ0v) is 13.8. The van der Waals surface area contributed by atoms with Crippen LogP contribution in [0.25, 0.3) is 0 Å². The predicted molar refractivity (Wildman–Crippen MR) is 82.5 cm³/mol. The number of anilines is 2. The molecule has 0 aliphatic rings. The first-order valence-corrected chi connectivity index (χ1v) is 7.47. The van der Waals surface area contributed by atoms with E-state index in [9.17, 15) is 26.3 Å². The minimum Gasteiger partial charge on any atom is -0.467 e. The summed E-state index contributed by atoms with van der Waals surface area (Å²) in [7, 11) is 1.49. The lowest BCUT2D eigenvalue weighted by Gasteiger charge is -2.20. The van der Waals surface area contributed by atoms with Crippen LogP contribution in [0.2, 0.25) is 0 Å². The second-order valence-electron chi connectivity index (χ2n) is 5.37. The molecular weight excluding hydrogens is 364 g/mol. The molecule has 26 heavy (non-hydrogen) atoms. The first-order chi connectivity index (χ1) is 12.0. The molecule has 1 aromatic heterocycles. The molecule has 0 amide bonds. The van der Waals surface area contributed by atoms with Crippen LogP contribution in [0.3, 0.4) is 0 Å². The second-order valence-corrected chi connectivity index (χ2v) is 5.37. The Bertz CT molecular complexity index is 760. The summed E-state index contributed by atoms with van der Waals surface area (Å²) in [5.41, 5.74) is 0.0712. The Morgan fingerprint density at radius 1 is 1.12 bits per heavy atom. The fourth-order valence-electron chi connectivity index (χ4n) is 2.07. The van der Waals surface area contributed by atoms with Crippen molar-refractivity contribution in [1.29, 1.82) is 0 Å². The summed E-state index contributed by atoms with van der Waals surface area (Å²) in [5, 5.41) is 0. The van der Waals surface area contributed by atoms with Gasteiger partial charge in [0.1, 0.15) is 5.56 Å². The summed E-state index contributed by atoms with van der Waals surface area (Å²) in [4.78, 5) is 8.52. The van der Waals surface area contributed by atoms with Crippen LogP contribution in [0, 0.1) is 0 Å². The van der Waals surface area contributed by atoms with Crippen molar-refractivity contribution in [3.8, 4) is 5.88 Å². The molecule has 0 unspecified atom stereocenters. The third-order valence-corrected chi connectivity index (χ3v) is 3.43. The van der Waals surface area contributed by atoms with E-state index >= 15 is 0 Å². The van der Waals surface area contributed by atoms with E-state index in [1.54, 1.807) is 18.2 Å². The predicted octanol–water partition coefficient (Wildman–Crippen LogP) is 4.77. The Kier molecular flexibility index (Phi) is 5.62. The summed E-state index contributed by atoms with van der Waals surface area (Å²) in [6, 6.07) is 7.06. The molecule has 0 spiro atoms. The quantitative estimate of drug-likeness (QED) is 0.702. The molecule has 0 fully saturated rings. The molecule has 0 atom stereocenters. The van der Waals surface area contributed by atoms with Gasteiger partial charge in [0.25, 0.3) is 0 Å². The van der Waals surface area contributed by atoms with Crippen LogP contribution in [-0.4, -0.2) is 29.8 Å². The van der Waals surface area contributed by atoms with Gasteiger partial charge in [-0.15, -0.1) is 0 Å². The molecule has 2 aromatic rings. The van der Waals surface area contributed by atoms with Gasteiger partial charge in [0.15, 0.2) is 6.61 Å². The van der Waals surface area contributed by atoms with Gasteiger partial charge in [-0.05, 0) is 24.1 Å². The standard InChI is InChI=1S/C16H15F6N3O/c1-3-10-5-4-6-11(7-10)25(2)14-23-8-12(16(20,21)22)13(24-14)26-9-15(17,18)19/h4-8H,3,9H2,1-2H3. The molecule has 2 rings (SSSR count). The van der Waals surface area contributed by atoms with Gasteiger partial charge in [-0.1, -0.05) is 19.1 Å². The van der Waals surface area contributed by atoms with Gasteiger partial charge in [0.2, 0.25) is 11.8 Å². The molecule has 10 heteroatoms. The van der Waals surface area contributed by atoms with E-state index in [-0.39, 0.29) is 5.95 Å². The number of alkyl halides is 6. The summed E-state index contributed by atoms with van der Waals surface area (Å²) in [6.07, 6.45) is -8.60. The largest absolute Gasteiger partial charge is 0.467 e. The zero-order chi connectivity index (χ0) is 19.5. The van der Waals surface area contributed by atoms with Crippen LogP contribution in [0.15, 0.2) is 30.5 Å². The van der Waals surface area contributed by atoms with Crippen molar-refractivity contribution >= 4 is 11.6 Å². The van der Waals surface area contributed by atoms with Gasteiger partial charge < -0.3 is 9.64 Å². The topological polar surface area (TPSA) is 38.2 Å². The lowest BCUT2D eigenvalue weighted by molar-refractivity contribution is -0.159. The van der Waals surface area contributed by atoms with Crippen molar-refractivity contribution in [3.63, 3.8) is 0 Å². The summed E-state index contributed by atoms with van der Waals surface area (Å²) >= 11 is 0. The fourth-order valence-corrected chi connectivity index (χ4v) is 2.07. The van der Waals surface area contributed by atoms with E-state index in [0.717, 1.165) is 12.0 Å². The number of nitrogens with zero attached hydrogens (tertiary/aromatic N) is 3. The van der Waals surface area contributed by atoms with Gasteiger partial charge in [-0.25, -0.2) is 4.98 Å². The molecule has 0 saturated carbocycles. The number of halogens is 6. The van der Waals surface area contributed by atoms with E-state index < -0.39 is 30.4 Å². The van der Waals surface area contributed by atoms with Crippen LogP contribution in [0.5, 0.6) is 5.88 Å². The van der Waals surface area contributed by atoms with Gasteiger partial charge in [0, 0.05) is 18.9 Å². The highest BCUT2D eigenvalue weighted by atomic mass is 19.4. The van der Waals surface area contributed by atoms with Crippen molar-refractivity contribution in [2.45, 2.75) is 25.7 Å². The Labute approximate surface area is 145 Å². The minimum absolute atomic E-state index is 0.219. The Balaban J connectivity index is 2.40. The van der Waals surface area contributed by atoms with Crippen LogP contribution in [-0.2, 0) is 12.6 Å². The number of aryl methyl sites for hydroxylation is 1. The van der Waals surface area contributed by atoms with Gasteiger partial charge in [0.05, 0.1) is 0 Å². The Morgan fingerprint density at radius 3 is 2.38 bits per heavy atom. The fraction of sp³-hybridized carbons (Fsp3) is 0.375. The molecule has 1 aromatic carbocycles. The normalized spacial score (nSPS) is 12.2. The zero-order valence-electron chi connectivity index (χ0n) is 13.8. The molecule has 0 saturated heterocycles. The third kappa shape index (κ3) is 4.99. The average Bonchev–Trinajstić information content (AvgIpc) is 2.57. The number of aromatic nitrogens is 2. The van der Waals surface area contributed by atoms with Crippen LogP contribution >= 0.6 is 0 Å². The summed E-state index contributed by atoms with van der Waals surface area (Å²) < 4.78 is 80.1. The number of benzene rings is 1. The maximum atomic E-state index is 13.0. The first kappa shape index (κ1) is 19.8. The molecule has 0 aliphatic carbocycles. The van der Waals surface area contributed by atoms with E-state index in [1.165, 1.54) is 11.9 Å². The number of ether oxygens (including phenoxy) is 1. The number of rotatable bonds is 5. The smallest absolute Gasteiger partial charge is 0.423 e. The van der Waals surface area contributed by atoms with E-state index in [4.69, 9.17) is 0 Å². The van der Waals surface area contributed by atoms with E-state index in [0.29, 0.717) is 11.9 Å². The van der Waals surface area contributed by atoms with E-state index in [2.05, 4.69) is 14.7 Å². The van der Waals surface area contributed by atoms with Crippen molar-refractivity contribution < 1.29 is 31.1 Å². The highest BCUT2D eigenvalue weighted by molar-refractivity contribution is 5.58. The van der Waals surface area contributed by atoms with Crippen molar-refractivity contribution in [1.82, 2.24) is 9.97 Å².